The number of hydrogen-bond acceptors (Lipinski definition) is 4. The first-order valence-corrected chi connectivity index (χ1v) is 6.03. The third-order valence-electron chi connectivity index (χ3n) is 2.62. The van der Waals surface area contributed by atoms with Crippen molar-refractivity contribution in [3.05, 3.63) is 62.8 Å². The molecule has 0 saturated carbocycles. The van der Waals surface area contributed by atoms with Gasteiger partial charge in [-0.05, 0) is 31.2 Å². The Bertz CT molecular complexity index is 671. The SMILES string of the molecule is Cc1cc(C(=O)Nc2ccc(Cl)cn2)ccc1[N+](=O)[O-]. The van der Waals surface area contributed by atoms with E-state index in [0.29, 0.717) is 22.0 Å². The van der Waals surface area contributed by atoms with Crippen LogP contribution in [0.15, 0.2) is 36.5 Å². The first-order chi connectivity index (χ1) is 9.47. The van der Waals surface area contributed by atoms with Crippen molar-refractivity contribution in [3.63, 3.8) is 0 Å². The number of pyridine rings is 1. The minimum absolute atomic E-state index is 0.0221. The molecule has 1 aromatic carbocycles. The van der Waals surface area contributed by atoms with Gasteiger partial charge >= 0.3 is 0 Å². The van der Waals surface area contributed by atoms with E-state index in [2.05, 4.69) is 10.3 Å². The van der Waals surface area contributed by atoms with E-state index >= 15 is 0 Å². The Morgan fingerprint density at radius 1 is 1.35 bits per heavy atom. The maximum Gasteiger partial charge on any atom is 0.272 e. The van der Waals surface area contributed by atoms with Gasteiger partial charge < -0.3 is 5.32 Å². The van der Waals surface area contributed by atoms with E-state index in [4.69, 9.17) is 11.6 Å². The van der Waals surface area contributed by atoms with Gasteiger partial charge in [-0.25, -0.2) is 4.98 Å². The van der Waals surface area contributed by atoms with Crippen LogP contribution in [0.25, 0.3) is 0 Å². The highest BCUT2D eigenvalue weighted by molar-refractivity contribution is 6.30. The van der Waals surface area contributed by atoms with E-state index < -0.39 is 10.8 Å². The second-order valence-electron chi connectivity index (χ2n) is 4.07. The Hall–Kier alpha value is -2.47. The van der Waals surface area contributed by atoms with Crippen molar-refractivity contribution in [2.45, 2.75) is 6.92 Å². The van der Waals surface area contributed by atoms with Crippen LogP contribution in [0, 0.1) is 17.0 Å². The molecule has 0 aliphatic carbocycles. The molecule has 2 aromatic rings. The molecule has 0 aliphatic heterocycles. The summed E-state index contributed by atoms with van der Waals surface area (Å²) in [5.41, 5.74) is 0.725. The summed E-state index contributed by atoms with van der Waals surface area (Å²) in [5, 5.41) is 13.8. The molecule has 6 nitrogen and oxygen atoms in total. The Kier molecular flexibility index (Phi) is 3.95. The van der Waals surface area contributed by atoms with Gasteiger partial charge in [0.05, 0.1) is 9.95 Å². The van der Waals surface area contributed by atoms with Crippen LogP contribution < -0.4 is 5.32 Å². The normalized spacial score (nSPS) is 10.1. The average molecular weight is 292 g/mol. The van der Waals surface area contributed by atoms with Gasteiger partial charge in [0, 0.05) is 23.4 Å². The molecule has 0 unspecified atom stereocenters. The van der Waals surface area contributed by atoms with Crippen molar-refractivity contribution in [3.8, 4) is 0 Å². The lowest BCUT2D eigenvalue weighted by Gasteiger charge is -2.05. The minimum Gasteiger partial charge on any atom is -0.307 e. The van der Waals surface area contributed by atoms with Crippen LogP contribution >= 0.6 is 11.6 Å². The number of halogens is 1. The smallest absolute Gasteiger partial charge is 0.272 e. The number of amides is 1. The van der Waals surface area contributed by atoms with Gasteiger partial charge in [0.1, 0.15) is 5.82 Å². The summed E-state index contributed by atoms with van der Waals surface area (Å²) < 4.78 is 0. The number of anilines is 1. The monoisotopic (exact) mass is 291 g/mol. The van der Waals surface area contributed by atoms with Gasteiger partial charge in [-0.2, -0.15) is 0 Å². The van der Waals surface area contributed by atoms with Gasteiger partial charge in [0.15, 0.2) is 0 Å². The van der Waals surface area contributed by atoms with Crippen LogP contribution in [-0.4, -0.2) is 15.8 Å². The molecule has 2 rings (SSSR count). The van der Waals surface area contributed by atoms with E-state index in [9.17, 15) is 14.9 Å². The highest BCUT2D eigenvalue weighted by atomic mass is 35.5. The third kappa shape index (κ3) is 3.10. The zero-order valence-corrected chi connectivity index (χ0v) is 11.2. The summed E-state index contributed by atoms with van der Waals surface area (Å²) in [6, 6.07) is 7.34. The molecule has 0 fully saturated rings. The molecule has 7 heteroatoms. The largest absolute Gasteiger partial charge is 0.307 e. The summed E-state index contributed by atoms with van der Waals surface area (Å²) in [4.78, 5) is 26.1. The van der Waals surface area contributed by atoms with Crippen LogP contribution in [0.3, 0.4) is 0 Å². The summed E-state index contributed by atoms with van der Waals surface area (Å²) in [6.07, 6.45) is 1.41. The fourth-order valence-corrected chi connectivity index (χ4v) is 1.75. The van der Waals surface area contributed by atoms with Crippen LogP contribution in [-0.2, 0) is 0 Å². The molecule has 1 heterocycles. The van der Waals surface area contributed by atoms with Crippen molar-refractivity contribution < 1.29 is 9.72 Å². The van der Waals surface area contributed by atoms with E-state index in [-0.39, 0.29) is 5.69 Å². The lowest BCUT2D eigenvalue weighted by molar-refractivity contribution is -0.385. The molecule has 0 aliphatic rings. The highest BCUT2D eigenvalue weighted by Crippen LogP contribution is 2.19. The molecule has 1 aromatic heterocycles. The lowest BCUT2D eigenvalue weighted by Crippen LogP contribution is -2.13. The summed E-state index contributed by atoms with van der Waals surface area (Å²) >= 11 is 5.69. The number of aryl methyl sites for hydroxylation is 1. The summed E-state index contributed by atoms with van der Waals surface area (Å²) in [5.74, 6) is -0.0340. The van der Waals surface area contributed by atoms with Crippen molar-refractivity contribution in [2.24, 2.45) is 0 Å². The molecule has 0 radical (unpaired) electrons. The summed E-state index contributed by atoms with van der Waals surface area (Å²) in [6.45, 7) is 1.58. The average Bonchev–Trinajstić information content (AvgIpc) is 2.40. The van der Waals surface area contributed by atoms with E-state index in [0.717, 1.165) is 0 Å². The van der Waals surface area contributed by atoms with E-state index in [1.807, 2.05) is 0 Å². The molecule has 0 bridgehead atoms. The number of nitrogens with zero attached hydrogens (tertiary/aromatic N) is 2. The quantitative estimate of drug-likeness (QED) is 0.695. The second kappa shape index (κ2) is 5.66. The number of rotatable bonds is 3. The number of benzene rings is 1. The van der Waals surface area contributed by atoms with Gasteiger partial charge in [-0.15, -0.1) is 0 Å². The fourth-order valence-electron chi connectivity index (χ4n) is 1.64. The van der Waals surface area contributed by atoms with Crippen LogP contribution in [0.4, 0.5) is 11.5 Å². The molecule has 0 spiro atoms. The molecular weight excluding hydrogens is 282 g/mol. The van der Waals surface area contributed by atoms with Crippen LogP contribution in [0.1, 0.15) is 15.9 Å². The van der Waals surface area contributed by atoms with E-state index in [1.165, 1.54) is 24.4 Å². The predicted octanol–water partition coefficient (Wildman–Crippen LogP) is 3.20. The van der Waals surface area contributed by atoms with Crippen molar-refractivity contribution in [1.29, 1.82) is 0 Å². The summed E-state index contributed by atoms with van der Waals surface area (Å²) in [7, 11) is 0. The molecule has 0 saturated heterocycles. The highest BCUT2D eigenvalue weighted by Gasteiger charge is 2.14. The zero-order valence-electron chi connectivity index (χ0n) is 10.5. The molecule has 1 N–H and O–H groups in total. The Morgan fingerprint density at radius 2 is 2.10 bits per heavy atom. The number of nitro groups is 1. The first-order valence-electron chi connectivity index (χ1n) is 5.65. The fraction of sp³-hybridized carbons (Fsp3) is 0.0769. The Balaban J connectivity index is 2.19. The zero-order chi connectivity index (χ0) is 14.7. The van der Waals surface area contributed by atoms with Gasteiger partial charge in [0.25, 0.3) is 11.6 Å². The maximum absolute atomic E-state index is 12.0. The van der Waals surface area contributed by atoms with Crippen molar-refractivity contribution in [2.75, 3.05) is 5.32 Å². The number of carbonyl (C=O) groups excluding carboxylic acids is 1. The third-order valence-corrected chi connectivity index (χ3v) is 2.85. The van der Waals surface area contributed by atoms with E-state index in [1.54, 1.807) is 19.1 Å². The second-order valence-corrected chi connectivity index (χ2v) is 4.51. The van der Waals surface area contributed by atoms with Crippen molar-refractivity contribution in [1.82, 2.24) is 4.98 Å². The van der Waals surface area contributed by atoms with Crippen LogP contribution in [0.5, 0.6) is 0 Å². The Labute approximate surface area is 119 Å². The molecule has 102 valence electrons. The number of carbonyl (C=O) groups is 1. The minimum atomic E-state index is -0.488. The van der Waals surface area contributed by atoms with Gasteiger partial charge in [-0.1, -0.05) is 11.6 Å². The van der Waals surface area contributed by atoms with Crippen LogP contribution in [0.2, 0.25) is 5.02 Å². The molecule has 0 atom stereocenters. The standard InChI is InChI=1S/C13H10ClN3O3/c1-8-6-9(2-4-11(8)17(19)20)13(18)16-12-5-3-10(14)7-15-12/h2-7H,1H3,(H,15,16,18). The Morgan fingerprint density at radius 3 is 2.65 bits per heavy atom. The number of nitrogens with one attached hydrogen (secondary N) is 1. The maximum atomic E-state index is 12.0. The van der Waals surface area contributed by atoms with Gasteiger partial charge in [0.2, 0.25) is 0 Å². The van der Waals surface area contributed by atoms with Gasteiger partial charge in [-0.3, -0.25) is 14.9 Å². The van der Waals surface area contributed by atoms with Crippen molar-refractivity contribution >= 4 is 29.0 Å². The number of hydrogen-bond donors (Lipinski definition) is 1. The molecule has 1 amide bonds. The topological polar surface area (TPSA) is 85.1 Å². The molecular formula is C13H10ClN3O3. The first kappa shape index (κ1) is 14.0. The predicted molar refractivity (Wildman–Crippen MR) is 75.0 cm³/mol. The lowest BCUT2D eigenvalue weighted by atomic mass is 10.1. The molecule has 20 heavy (non-hydrogen) atoms. The number of aromatic nitrogens is 1. The number of nitro benzene ring substituents is 1.